The quantitative estimate of drug-likeness (QED) is 0.822. The van der Waals surface area contributed by atoms with Gasteiger partial charge < -0.3 is 19.6 Å². The van der Waals surface area contributed by atoms with Crippen molar-refractivity contribution in [2.45, 2.75) is 25.3 Å². The molecule has 2 heterocycles. The highest BCUT2D eigenvalue weighted by molar-refractivity contribution is 6.31. The van der Waals surface area contributed by atoms with Gasteiger partial charge in [0.1, 0.15) is 0 Å². The molecule has 136 valence electrons. The van der Waals surface area contributed by atoms with Gasteiger partial charge >= 0.3 is 0 Å². The molecule has 0 bridgehead atoms. The van der Waals surface area contributed by atoms with Crippen molar-refractivity contribution in [1.82, 2.24) is 10.2 Å². The molecule has 3 rings (SSSR count). The third-order valence-corrected chi connectivity index (χ3v) is 4.85. The Balaban J connectivity index is 1.62. The molecule has 2 aromatic rings. The second-order valence-electron chi connectivity index (χ2n) is 6.26. The van der Waals surface area contributed by atoms with Crippen molar-refractivity contribution in [3.05, 3.63) is 29.0 Å². The lowest BCUT2D eigenvalue weighted by Crippen LogP contribution is -2.45. The van der Waals surface area contributed by atoms with Gasteiger partial charge in [-0.25, -0.2) is 0 Å². The molecule has 0 spiro atoms. The lowest BCUT2D eigenvalue weighted by molar-refractivity contribution is 0.0836. The van der Waals surface area contributed by atoms with E-state index in [1.165, 1.54) is 7.11 Å². The van der Waals surface area contributed by atoms with Crippen LogP contribution in [-0.2, 0) is 0 Å². The molecule has 1 aliphatic rings. The fraction of sp³-hybridized carbons (Fsp3) is 0.500. The van der Waals surface area contributed by atoms with Crippen molar-refractivity contribution >= 4 is 28.5 Å². The number of hydrogen-bond donors (Lipinski definition) is 2. The molecule has 7 heteroatoms. The normalized spacial score (nSPS) is 18.4. The number of carbonyl (C=O) groups is 1. The van der Waals surface area contributed by atoms with E-state index in [9.17, 15) is 9.90 Å². The lowest BCUT2D eigenvalue weighted by Gasteiger charge is -2.34. The Morgan fingerprint density at radius 2 is 2.28 bits per heavy atom. The standard InChI is InChI=1S/C18H23ClN2O4/c1-24-15-10-13(19)8-12-9-16(25-17(12)15)18(23)20-5-7-21-6-3-2-4-14(21)11-22/h8-10,14,22H,2-7,11H2,1H3,(H,20,23)/t14-/m1/s1. The molecule has 1 aromatic heterocycles. The fourth-order valence-corrected chi connectivity index (χ4v) is 3.53. The van der Waals surface area contributed by atoms with Crippen LogP contribution < -0.4 is 10.1 Å². The molecule has 6 nitrogen and oxygen atoms in total. The molecule has 1 fully saturated rings. The van der Waals surface area contributed by atoms with E-state index in [0.717, 1.165) is 31.2 Å². The number of nitrogens with one attached hydrogen (secondary N) is 1. The van der Waals surface area contributed by atoms with E-state index >= 15 is 0 Å². The van der Waals surface area contributed by atoms with Crippen molar-refractivity contribution in [2.75, 3.05) is 33.4 Å². The molecular formula is C18H23ClN2O4. The van der Waals surface area contributed by atoms with E-state index in [-0.39, 0.29) is 24.3 Å². The van der Waals surface area contributed by atoms with Gasteiger partial charge in [0.15, 0.2) is 17.1 Å². The Kier molecular flexibility index (Phi) is 5.83. The average Bonchev–Trinajstić information content (AvgIpc) is 3.05. The van der Waals surface area contributed by atoms with Crippen LogP contribution in [0.4, 0.5) is 0 Å². The highest BCUT2D eigenvalue weighted by atomic mass is 35.5. The number of nitrogens with zero attached hydrogens (tertiary/aromatic N) is 1. The minimum Gasteiger partial charge on any atom is -0.493 e. The van der Waals surface area contributed by atoms with Crippen LogP contribution in [0.5, 0.6) is 5.75 Å². The minimum atomic E-state index is -0.271. The zero-order valence-corrected chi connectivity index (χ0v) is 15.0. The van der Waals surface area contributed by atoms with E-state index in [4.69, 9.17) is 20.8 Å². The number of benzene rings is 1. The summed E-state index contributed by atoms with van der Waals surface area (Å²) >= 11 is 6.04. The molecule has 25 heavy (non-hydrogen) atoms. The summed E-state index contributed by atoms with van der Waals surface area (Å²) in [4.78, 5) is 14.6. The van der Waals surface area contributed by atoms with Crippen LogP contribution >= 0.6 is 11.6 Å². The van der Waals surface area contributed by atoms with Crippen LogP contribution in [0.15, 0.2) is 22.6 Å². The van der Waals surface area contributed by atoms with Gasteiger partial charge in [-0.3, -0.25) is 9.69 Å². The summed E-state index contributed by atoms with van der Waals surface area (Å²) in [5, 5.41) is 13.6. The minimum absolute atomic E-state index is 0.165. The first-order valence-corrected chi connectivity index (χ1v) is 8.90. The van der Waals surface area contributed by atoms with Gasteiger partial charge in [0.05, 0.1) is 13.7 Å². The van der Waals surface area contributed by atoms with Crippen molar-refractivity contribution in [3.63, 3.8) is 0 Å². The summed E-state index contributed by atoms with van der Waals surface area (Å²) in [5.74, 6) is 0.459. The number of aliphatic hydroxyl groups is 1. The first kappa shape index (κ1) is 18.0. The van der Waals surface area contributed by atoms with E-state index in [1.807, 2.05) is 0 Å². The second kappa shape index (κ2) is 8.08. The first-order chi connectivity index (χ1) is 12.1. The molecule has 1 amide bonds. The number of halogens is 1. The van der Waals surface area contributed by atoms with Crippen LogP contribution in [0.2, 0.25) is 5.02 Å². The number of piperidine rings is 1. The van der Waals surface area contributed by atoms with Crippen molar-refractivity contribution in [2.24, 2.45) is 0 Å². The fourth-order valence-electron chi connectivity index (χ4n) is 3.31. The SMILES string of the molecule is COc1cc(Cl)cc2cc(C(=O)NCCN3CCCC[C@@H]3CO)oc12. The Hall–Kier alpha value is -1.76. The number of ether oxygens (including phenoxy) is 1. The molecule has 2 N–H and O–H groups in total. The highest BCUT2D eigenvalue weighted by Gasteiger charge is 2.21. The van der Waals surface area contributed by atoms with E-state index < -0.39 is 0 Å². The average molecular weight is 367 g/mol. The molecule has 0 unspecified atom stereocenters. The summed E-state index contributed by atoms with van der Waals surface area (Å²) in [6, 6.07) is 5.25. The number of aliphatic hydroxyl groups excluding tert-OH is 1. The second-order valence-corrected chi connectivity index (χ2v) is 6.70. The topological polar surface area (TPSA) is 74.9 Å². The van der Waals surface area contributed by atoms with Gasteiger partial charge in [0.2, 0.25) is 0 Å². The number of likely N-dealkylation sites (tertiary alicyclic amines) is 1. The van der Waals surface area contributed by atoms with E-state index in [2.05, 4.69) is 10.2 Å². The van der Waals surface area contributed by atoms with Gasteiger partial charge in [-0.15, -0.1) is 0 Å². The maximum atomic E-state index is 12.3. The van der Waals surface area contributed by atoms with Crippen molar-refractivity contribution in [1.29, 1.82) is 0 Å². The zero-order chi connectivity index (χ0) is 17.8. The third-order valence-electron chi connectivity index (χ3n) is 4.64. The smallest absolute Gasteiger partial charge is 0.287 e. The maximum absolute atomic E-state index is 12.3. The molecule has 0 saturated carbocycles. The zero-order valence-electron chi connectivity index (χ0n) is 14.3. The molecule has 1 aliphatic heterocycles. The number of amides is 1. The predicted octanol–water partition coefficient (Wildman–Crippen LogP) is 2.67. The van der Waals surface area contributed by atoms with E-state index in [1.54, 1.807) is 18.2 Å². The maximum Gasteiger partial charge on any atom is 0.287 e. The number of carbonyl (C=O) groups excluding carboxylic acids is 1. The Labute approximate surface area is 151 Å². The molecule has 1 aromatic carbocycles. The van der Waals surface area contributed by atoms with Crippen LogP contribution in [-0.4, -0.2) is 55.3 Å². The highest BCUT2D eigenvalue weighted by Crippen LogP contribution is 2.32. The predicted molar refractivity (Wildman–Crippen MR) is 96.4 cm³/mol. The van der Waals surface area contributed by atoms with Gasteiger partial charge in [-0.1, -0.05) is 18.0 Å². The van der Waals surface area contributed by atoms with Crippen molar-refractivity contribution in [3.8, 4) is 5.75 Å². The summed E-state index contributed by atoms with van der Waals surface area (Å²) in [7, 11) is 1.53. The molecule has 1 atom stereocenters. The summed E-state index contributed by atoms with van der Waals surface area (Å²) in [6.45, 7) is 2.34. The number of furan rings is 1. The monoisotopic (exact) mass is 366 g/mol. The van der Waals surface area contributed by atoms with Crippen LogP contribution in [0.3, 0.4) is 0 Å². The van der Waals surface area contributed by atoms with Crippen LogP contribution in [0.1, 0.15) is 29.8 Å². The van der Waals surface area contributed by atoms with Crippen LogP contribution in [0.25, 0.3) is 11.0 Å². The summed E-state index contributed by atoms with van der Waals surface area (Å²) in [5.41, 5.74) is 0.508. The summed E-state index contributed by atoms with van der Waals surface area (Å²) in [6.07, 6.45) is 3.29. The van der Waals surface area contributed by atoms with Gasteiger partial charge in [-0.05, 0) is 31.5 Å². The Bertz CT molecular complexity index is 746. The number of hydrogen-bond acceptors (Lipinski definition) is 5. The molecular weight excluding hydrogens is 344 g/mol. The number of fused-ring (bicyclic) bond motifs is 1. The largest absolute Gasteiger partial charge is 0.493 e. The van der Waals surface area contributed by atoms with E-state index in [0.29, 0.717) is 29.4 Å². The summed E-state index contributed by atoms with van der Waals surface area (Å²) < 4.78 is 10.9. The molecule has 0 radical (unpaired) electrons. The number of methoxy groups -OCH3 is 1. The van der Waals surface area contributed by atoms with Crippen LogP contribution in [0, 0.1) is 0 Å². The Morgan fingerprint density at radius 1 is 1.44 bits per heavy atom. The molecule has 0 aliphatic carbocycles. The van der Waals surface area contributed by atoms with Crippen molar-refractivity contribution < 1.29 is 19.1 Å². The van der Waals surface area contributed by atoms with Gasteiger partial charge in [-0.2, -0.15) is 0 Å². The third kappa shape index (κ3) is 4.08. The van der Waals surface area contributed by atoms with Gasteiger partial charge in [0, 0.05) is 35.6 Å². The first-order valence-electron chi connectivity index (χ1n) is 8.52. The number of rotatable bonds is 6. The lowest BCUT2D eigenvalue weighted by atomic mass is 10.0. The molecule has 1 saturated heterocycles. The Morgan fingerprint density at radius 3 is 3.04 bits per heavy atom. The van der Waals surface area contributed by atoms with Gasteiger partial charge in [0.25, 0.3) is 5.91 Å².